The number of aromatic nitrogens is 1. The van der Waals surface area contributed by atoms with Gasteiger partial charge in [-0.15, -0.1) is 11.3 Å². The summed E-state index contributed by atoms with van der Waals surface area (Å²) in [6, 6.07) is 12.6. The SMILES string of the molecule is N#Cc1c(-c2cccs2)cc2[n+](c1N)CCc1cc3c(cc1-2)OCCCO3. The van der Waals surface area contributed by atoms with Crippen molar-refractivity contribution in [2.45, 2.75) is 19.4 Å². The smallest absolute Gasteiger partial charge is 0.291 e. The summed E-state index contributed by atoms with van der Waals surface area (Å²) in [6.45, 7) is 2.08. The third kappa shape index (κ3) is 2.54. The van der Waals surface area contributed by atoms with Crippen LogP contribution in [0.15, 0.2) is 35.7 Å². The van der Waals surface area contributed by atoms with Gasteiger partial charge in [-0.1, -0.05) is 6.07 Å². The lowest BCUT2D eigenvalue weighted by atomic mass is 9.93. The van der Waals surface area contributed by atoms with Gasteiger partial charge in [0.15, 0.2) is 11.5 Å². The number of aryl methyl sites for hydroxylation is 1. The molecule has 2 aliphatic rings. The predicted octanol–water partition coefficient (Wildman–Crippen LogP) is 3.54. The highest BCUT2D eigenvalue weighted by Gasteiger charge is 2.29. The van der Waals surface area contributed by atoms with Crippen molar-refractivity contribution in [2.24, 2.45) is 0 Å². The van der Waals surface area contributed by atoms with Gasteiger partial charge < -0.3 is 9.47 Å². The fourth-order valence-corrected chi connectivity index (χ4v) is 4.57. The molecule has 134 valence electrons. The normalized spacial score (nSPS) is 14.6. The van der Waals surface area contributed by atoms with Gasteiger partial charge in [-0.2, -0.15) is 5.26 Å². The Balaban J connectivity index is 1.75. The van der Waals surface area contributed by atoms with Crippen molar-refractivity contribution in [3.05, 3.63) is 46.8 Å². The third-order valence-electron chi connectivity index (χ3n) is 5.14. The van der Waals surface area contributed by atoms with Crippen LogP contribution in [0.3, 0.4) is 0 Å². The molecule has 2 aliphatic heterocycles. The molecule has 0 atom stereocenters. The van der Waals surface area contributed by atoms with E-state index in [1.54, 1.807) is 11.3 Å². The minimum Gasteiger partial charge on any atom is -0.490 e. The predicted molar refractivity (Wildman–Crippen MR) is 104 cm³/mol. The first-order valence-electron chi connectivity index (χ1n) is 8.99. The highest BCUT2D eigenvalue weighted by molar-refractivity contribution is 7.13. The number of nitrogens with two attached hydrogens (primary N) is 1. The number of nitriles is 1. The molecule has 0 fully saturated rings. The van der Waals surface area contributed by atoms with Gasteiger partial charge in [0.25, 0.3) is 5.82 Å². The fraction of sp³-hybridized carbons (Fsp3) is 0.238. The van der Waals surface area contributed by atoms with Gasteiger partial charge in [-0.3, -0.25) is 5.73 Å². The van der Waals surface area contributed by atoms with E-state index in [0.717, 1.165) is 52.6 Å². The van der Waals surface area contributed by atoms with E-state index in [1.165, 1.54) is 5.56 Å². The standard InChI is InChI=1S/C21H17N3O2S/c22-12-16-15(20-3-1-8-27-20)10-17-14-11-19-18(25-6-2-7-26-19)9-13(14)4-5-24(17)21(16)23/h1,3,8-11,23H,2,4-7H2/p+1. The van der Waals surface area contributed by atoms with Crippen molar-refractivity contribution in [1.29, 1.82) is 5.26 Å². The lowest BCUT2D eigenvalue weighted by molar-refractivity contribution is -0.673. The zero-order chi connectivity index (χ0) is 18.4. The van der Waals surface area contributed by atoms with Crippen LogP contribution >= 0.6 is 11.3 Å². The summed E-state index contributed by atoms with van der Waals surface area (Å²) in [6.07, 6.45) is 1.72. The van der Waals surface area contributed by atoms with Crippen LogP contribution in [0.2, 0.25) is 0 Å². The van der Waals surface area contributed by atoms with Crippen LogP contribution < -0.4 is 19.8 Å². The summed E-state index contributed by atoms with van der Waals surface area (Å²) < 4.78 is 13.8. The second kappa shape index (κ2) is 6.29. The highest BCUT2D eigenvalue weighted by Crippen LogP contribution is 2.40. The molecule has 0 saturated heterocycles. The summed E-state index contributed by atoms with van der Waals surface area (Å²) in [5, 5.41) is 11.7. The molecule has 0 radical (unpaired) electrons. The first-order valence-corrected chi connectivity index (χ1v) is 9.87. The number of anilines is 1. The van der Waals surface area contributed by atoms with Gasteiger partial charge in [0.2, 0.25) is 0 Å². The minimum atomic E-state index is 0.524. The molecule has 0 aliphatic carbocycles. The molecule has 0 saturated carbocycles. The molecule has 2 aromatic heterocycles. The summed E-state index contributed by atoms with van der Waals surface area (Å²) >= 11 is 1.61. The molecule has 0 spiro atoms. The summed E-state index contributed by atoms with van der Waals surface area (Å²) in [4.78, 5) is 1.04. The van der Waals surface area contributed by atoms with Crippen molar-refractivity contribution in [3.8, 4) is 39.3 Å². The Labute approximate surface area is 161 Å². The van der Waals surface area contributed by atoms with E-state index in [4.69, 9.17) is 15.2 Å². The monoisotopic (exact) mass is 376 g/mol. The largest absolute Gasteiger partial charge is 0.490 e. The molecule has 27 heavy (non-hydrogen) atoms. The molecule has 2 N–H and O–H groups in total. The maximum atomic E-state index is 9.71. The van der Waals surface area contributed by atoms with Crippen molar-refractivity contribution < 1.29 is 14.0 Å². The Hall–Kier alpha value is -3.04. The number of hydrogen-bond donors (Lipinski definition) is 1. The molecule has 0 amide bonds. The van der Waals surface area contributed by atoms with Crippen LogP contribution in [-0.4, -0.2) is 13.2 Å². The second-order valence-electron chi connectivity index (χ2n) is 6.70. The summed E-state index contributed by atoms with van der Waals surface area (Å²) in [5.74, 6) is 2.12. The average Bonchev–Trinajstić information content (AvgIpc) is 3.12. The fourth-order valence-electron chi connectivity index (χ4n) is 3.83. The van der Waals surface area contributed by atoms with Crippen molar-refractivity contribution in [1.82, 2.24) is 0 Å². The molecule has 0 unspecified atom stereocenters. The van der Waals surface area contributed by atoms with E-state index in [0.29, 0.717) is 24.6 Å². The topological polar surface area (TPSA) is 72.2 Å². The minimum absolute atomic E-state index is 0.524. The number of nitrogen functional groups attached to an aromatic ring is 1. The van der Waals surface area contributed by atoms with Crippen LogP contribution in [0.1, 0.15) is 17.5 Å². The summed E-state index contributed by atoms with van der Waals surface area (Å²) in [7, 11) is 0. The number of fused-ring (bicyclic) bond motifs is 4. The van der Waals surface area contributed by atoms with E-state index in [2.05, 4.69) is 24.3 Å². The van der Waals surface area contributed by atoms with Crippen LogP contribution in [0.5, 0.6) is 11.5 Å². The number of ether oxygens (including phenoxy) is 2. The van der Waals surface area contributed by atoms with Gasteiger partial charge in [-0.25, -0.2) is 4.57 Å². The molecule has 4 heterocycles. The zero-order valence-electron chi connectivity index (χ0n) is 14.7. The Morgan fingerprint density at radius 1 is 1.11 bits per heavy atom. The Bertz CT molecular complexity index is 1080. The first-order chi connectivity index (χ1) is 13.3. The second-order valence-corrected chi connectivity index (χ2v) is 7.65. The number of thiophene rings is 1. The molecule has 5 rings (SSSR count). The molecule has 1 aromatic carbocycles. The number of hydrogen-bond acceptors (Lipinski definition) is 5. The zero-order valence-corrected chi connectivity index (χ0v) is 15.5. The van der Waals surface area contributed by atoms with Crippen molar-refractivity contribution in [3.63, 3.8) is 0 Å². The van der Waals surface area contributed by atoms with Crippen LogP contribution in [0.4, 0.5) is 5.82 Å². The Morgan fingerprint density at radius 3 is 2.67 bits per heavy atom. The van der Waals surface area contributed by atoms with E-state index in [1.807, 2.05) is 22.1 Å². The number of rotatable bonds is 1. The summed E-state index contributed by atoms with van der Waals surface area (Å²) in [5.41, 5.74) is 11.2. The quantitative estimate of drug-likeness (QED) is 0.660. The van der Waals surface area contributed by atoms with E-state index in [9.17, 15) is 5.26 Å². The van der Waals surface area contributed by atoms with Gasteiger partial charge >= 0.3 is 0 Å². The molecule has 0 bridgehead atoms. The average molecular weight is 376 g/mol. The number of pyridine rings is 1. The maximum Gasteiger partial charge on any atom is 0.291 e. The van der Waals surface area contributed by atoms with Gasteiger partial charge in [-0.05, 0) is 35.2 Å². The Morgan fingerprint density at radius 2 is 1.93 bits per heavy atom. The van der Waals surface area contributed by atoms with Gasteiger partial charge in [0.05, 0.1) is 19.8 Å². The first kappa shape index (κ1) is 16.2. The van der Waals surface area contributed by atoms with E-state index < -0.39 is 0 Å². The lowest BCUT2D eigenvalue weighted by Gasteiger charge is -2.22. The van der Waals surface area contributed by atoms with Crippen LogP contribution in [0, 0.1) is 11.3 Å². The van der Waals surface area contributed by atoms with Crippen molar-refractivity contribution in [2.75, 3.05) is 18.9 Å². The molecular weight excluding hydrogens is 358 g/mol. The molecule has 5 nitrogen and oxygen atoms in total. The van der Waals surface area contributed by atoms with Gasteiger partial charge in [0.1, 0.15) is 17.3 Å². The van der Waals surface area contributed by atoms with Crippen molar-refractivity contribution >= 4 is 17.2 Å². The molecule has 6 heteroatoms. The third-order valence-corrected chi connectivity index (χ3v) is 6.04. The Kier molecular flexibility index (Phi) is 3.76. The van der Waals surface area contributed by atoms with Crippen LogP contribution in [-0.2, 0) is 13.0 Å². The van der Waals surface area contributed by atoms with E-state index in [-0.39, 0.29) is 0 Å². The lowest BCUT2D eigenvalue weighted by Crippen LogP contribution is -2.43. The number of benzene rings is 1. The van der Waals surface area contributed by atoms with Crippen LogP contribution in [0.25, 0.3) is 21.7 Å². The highest BCUT2D eigenvalue weighted by atomic mass is 32.1. The number of nitrogens with zero attached hydrogens (tertiary/aromatic N) is 2. The molecular formula is C21H18N3O2S+. The molecule has 3 aromatic rings. The maximum absolute atomic E-state index is 9.71. The van der Waals surface area contributed by atoms with Gasteiger partial charge in [0, 0.05) is 28.8 Å². The van der Waals surface area contributed by atoms with E-state index >= 15 is 0 Å².